The molecule has 4 heteroatoms. The summed E-state index contributed by atoms with van der Waals surface area (Å²) >= 11 is 5.75. The molecule has 2 aromatic rings. The van der Waals surface area contributed by atoms with Crippen molar-refractivity contribution in [3.63, 3.8) is 0 Å². The van der Waals surface area contributed by atoms with Crippen molar-refractivity contribution < 1.29 is 8.78 Å². The van der Waals surface area contributed by atoms with Gasteiger partial charge in [-0.05, 0) is 49.1 Å². The highest BCUT2D eigenvalue weighted by Crippen LogP contribution is 2.22. The molecular weight excluding hydrogens is 280 g/mol. The molecule has 0 bridgehead atoms. The first-order valence-electron chi connectivity index (χ1n) is 6.34. The minimum Gasteiger partial charge on any atom is -0.325 e. The predicted octanol–water partition coefficient (Wildman–Crippen LogP) is 4.12. The van der Waals surface area contributed by atoms with Gasteiger partial charge in [-0.3, -0.25) is 0 Å². The summed E-state index contributed by atoms with van der Waals surface area (Å²) in [6.07, 6.45) is 0.885. The summed E-state index contributed by atoms with van der Waals surface area (Å²) in [7, 11) is 0. The topological polar surface area (TPSA) is 26.0 Å². The molecule has 1 unspecified atom stereocenters. The van der Waals surface area contributed by atoms with Crippen LogP contribution in [0.25, 0.3) is 0 Å². The van der Waals surface area contributed by atoms with Gasteiger partial charge in [0.05, 0.1) is 5.02 Å². The van der Waals surface area contributed by atoms with E-state index in [1.807, 2.05) is 6.92 Å². The molecule has 0 saturated carbocycles. The highest BCUT2D eigenvalue weighted by atomic mass is 35.5. The molecule has 0 aliphatic carbocycles. The van der Waals surface area contributed by atoms with Crippen molar-refractivity contribution in [2.45, 2.75) is 25.3 Å². The van der Waals surface area contributed by atoms with Crippen molar-refractivity contribution in [1.82, 2.24) is 0 Å². The maximum Gasteiger partial charge on any atom is 0.141 e. The quantitative estimate of drug-likeness (QED) is 0.902. The lowest BCUT2D eigenvalue weighted by Crippen LogP contribution is -2.41. The fourth-order valence-corrected chi connectivity index (χ4v) is 2.46. The lowest BCUT2D eigenvalue weighted by molar-refractivity contribution is 0.451. The molecule has 1 atom stereocenters. The molecular formula is C16H16ClF2N. The monoisotopic (exact) mass is 295 g/mol. The Morgan fingerprint density at radius 2 is 1.75 bits per heavy atom. The van der Waals surface area contributed by atoms with Gasteiger partial charge in [0.15, 0.2) is 0 Å². The van der Waals surface area contributed by atoms with E-state index < -0.39 is 11.4 Å². The molecule has 106 valence electrons. The molecule has 0 amide bonds. The Morgan fingerprint density at radius 3 is 2.40 bits per heavy atom. The molecule has 20 heavy (non-hydrogen) atoms. The average Bonchev–Trinajstić information content (AvgIpc) is 2.36. The van der Waals surface area contributed by atoms with E-state index in [9.17, 15) is 8.78 Å². The van der Waals surface area contributed by atoms with Crippen molar-refractivity contribution >= 4 is 11.6 Å². The largest absolute Gasteiger partial charge is 0.325 e. The molecule has 0 spiro atoms. The molecule has 0 heterocycles. The SMILES string of the molecule is CC(N)(Cc1ccc(F)c(Cl)c1)Cc1ccccc1F. The van der Waals surface area contributed by atoms with Gasteiger partial charge in [0, 0.05) is 5.54 Å². The first-order valence-corrected chi connectivity index (χ1v) is 6.71. The summed E-state index contributed by atoms with van der Waals surface area (Å²) in [5.41, 5.74) is 7.00. The first-order chi connectivity index (χ1) is 9.37. The van der Waals surface area contributed by atoms with Crippen LogP contribution in [0.5, 0.6) is 0 Å². The molecule has 1 nitrogen and oxygen atoms in total. The normalized spacial score (nSPS) is 14.1. The van der Waals surface area contributed by atoms with Gasteiger partial charge < -0.3 is 5.73 Å². The summed E-state index contributed by atoms with van der Waals surface area (Å²) in [5.74, 6) is -0.718. The summed E-state index contributed by atoms with van der Waals surface area (Å²) in [5, 5.41) is 0.0733. The Kier molecular flexibility index (Phi) is 4.41. The van der Waals surface area contributed by atoms with E-state index in [2.05, 4.69) is 0 Å². The van der Waals surface area contributed by atoms with Crippen LogP contribution in [0.1, 0.15) is 18.1 Å². The van der Waals surface area contributed by atoms with Crippen LogP contribution in [0.4, 0.5) is 8.78 Å². The third kappa shape index (κ3) is 3.78. The zero-order valence-corrected chi connectivity index (χ0v) is 11.9. The van der Waals surface area contributed by atoms with E-state index in [1.165, 1.54) is 12.1 Å². The number of benzene rings is 2. The lowest BCUT2D eigenvalue weighted by atomic mass is 9.87. The molecule has 0 aromatic heterocycles. The van der Waals surface area contributed by atoms with E-state index >= 15 is 0 Å². The molecule has 0 radical (unpaired) electrons. The second-order valence-electron chi connectivity index (χ2n) is 5.35. The van der Waals surface area contributed by atoms with Gasteiger partial charge in [0.1, 0.15) is 11.6 Å². The Morgan fingerprint density at radius 1 is 1.05 bits per heavy atom. The first kappa shape index (κ1) is 14.9. The van der Waals surface area contributed by atoms with Crippen molar-refractivity contribution in [2.75, 3.05) is 0 Å². The van der Waals surface area contributed by atoms with Crippen molar-refractivity contribution in [1.29, 1.82) is 0 Å². The van der Waals surface area contributed by atoms with Gasteiger partial charge in [-0.2, -0.15) is 0 Å². The van der Waals surface area contributed by atoms with Crippen LogP contribution >= 0.6 is 11.6 Å². The maximum atomic E-state index is 13.6. The minimum atomic E-state index is -0.636. The van der Waals surface area contributed by atoms with E-state index in [4.69, 9.17) is 17.3 Å². The van der Waals surface area contributed by atoms with E-state index in [-0.39, 0.29) is 10.8 Å². The molecule has 2 N–H and O–H groups in total. The minimum absolute atomic E-state index is 0.0733. The van der Waals surface area contributed by atoms with Gasteiger partial charge in [-0.25, -0.2) is 8.78 Å². The number of rotatable bonds is 4. The predicted molar refractivity (Wildman–Crippen MR) is 77.8 cm³/mol. The Bertz CT molecular complexity index is 611. The van der Waals surface area contributed by atoms with Crippen molar-refractivity contribution in [3.05, 3.63) is 70.2 Å². The summed E-state index contributed by atoms with van der Waals surface area (Å²) in [4.78, 5) is 0. The third-order valence-electron chi connectivity index (χ3n) is 3.14. The standard InChI is InChI=1S/C16H16ClF2N/c1-16(20,10-12-4-2-3-5-14(12)18)9-11-6-7-15(19)13(17)8-11/h2-8H,9-10,20H2,1H3. The van der Waals surface area contributed by atoms with Gasteiger partial charge in [0.2, 0.25) is 0 Å². The van der Waals surface area contributed by atoms with Gasteiger partial charge >= 0.3 is 0 Å². The van der Waals surface area contributed by atoms with Crippen LogP contribution in [0.2, 0.25) is 5.02 Å². The van der Waals surface area contributed by atoms with E-state index in [0.717, 1.165) is 5.56 Å². The number of halogens is 3. The summed E-state index contributed by atoms with van der Waals surface area (Å²) in [6.45, 7) is 1.84. The number of hydrogen-bond donors (Lipinski definition) is 1. The van der Waals surface area contributed by atoms with Crippen molar-refractivity contribution in [3.8, 4) is 0 Å². The lowest BCUT2D eigenvalue weighted by Gasteiger charge is -2.25. The molecule has 0 saturated heterocycles. The van der Waals surface area contributed by atoms with Gasteiger partial charge in [-0.15, -0.1) is 0 Å². The molecule has 2 rings (SSSR count). The Balaban J connectivity index is 2.14. The highest BCUT2D eigenvalue weighted by molar-refractivity contribution is 6.30. The van der Waals surface area contributed by atoms with E-state index in [1.54, 1.807) is 30.3 Å². The highest BCUT2D eigenvalue weighted by Gasteiger charge is 2.21. The molecule has 0 fully saturated rings. The third-order valence-corrected chi connectivity index (χ3v) is 3.43. The Hall–Kier alpha value is -1.45. The Labute approximate surface area is 122 Å². The number of nitrogens with two attached hydrogens (primary N) is 1. The molecule has 0 aliphatic rings. The zero-order chi connectivity index (χ0) is 14.8. The number of hydrogen-bond acceptors (Lipinski definition) is 1. The van der Waals surface area contributed by atoms with Crippen LogP contribution in [-0.4, -0.2) is 5.54 Å². The van der Waals surface area contributed by atoms with Crippen LogP contribution in [0.3, 0.4) is 0 Å². The fraction of sp³-hybridized carbons (Fsp3) is 0.250. The van der Waals surface area contributed by atoms with Crippen LogP contribution in [0, 0.1) is 11.6 Å². The van der Waals surface area contributed by atoms with E-state index in [0.29, 0.717) is 18.4 Å². The van der Waals surface area contributed by atoms with Crippen LogP contribution in [-0.2, 0) is 12.8 Å². The van der Waals surface area contributed by atoms with Gasteiger partial charge in [-0.1, -0.05) is 35.9 Å². The van der Waals surface area contributed by atoms with Crippen LogP contribution < -0.4 is 5.73 Å². The van der Waals surface area contributed by atoms with Crippen molar-refractivity contribution in [2.24, 2.45) is 5.73 Å². The zero-order valence-electron chi connectivity index (χ0n) is 11.2. The summed E-state index contributed by atoms with van der Waals surface area (Å²) in [6, 6.07) is 11.1. The van der Waals surface area contributed by atoms with Gasteiger partial charge in [0.25, 0.3) is 0 Å². The molecule has 0 aliphatic heterocycles. The fourth-order valence-electron chi connectivity index (χ4n) is 2.26. The average molecular weight is 296 g/mol. The summed E-state index contributed by atoms with van der Waals surface area (Å²) < 4.78 is 26.8. The second kappa shape index (κ2) is 5.90. The second-order valence-corrected chi connectivity index (χ2v) is 5.75. The van der Waals surface area contributed by atoms with Crippen LogP contribution in [0.15, 0.2) is 42.5 Å². The maximum absolute atomic E-state index is 13.6. The molecule has 2 aromatic carbocycles. The smallest absolute Gasteiger partial charge is 0.141 e.